The minimum absolute atomic E-state index is 0.140. The molecule has 0 amide bonds. The third kappa shape index (κ3) is 5.91. The Hall–Kier alpha value is -3.27. The predicted octanol–water partition coefficient (Wildman–Crippen LogP) is 3.63. The minimum atomic E-state index is -4.27. The van der Waals surface area contributed by atoms with Crippen molar-refractivity contribution in [3.8, 4) is 5.75 Å². The fourth-order valence-electron chi connectivity index (χ4n) is 2.77. The molecule has 0 aliphatic rings. The Bertz CT molecular complexity index is 1430. The Morgan fingerprint density at radius 1 is 0.719 bits per heavy atom. The molecule has 0 aliphatic heterocycles. The average Bonchev–Trinajstić information content (AvgIpc) is 2.74. The summed E-state index contributed by atoms with van der Waals surface area (Å²) in [5, 5.41) is 0.883. The molecule has 0 spiro atoms. The first-order valence-electron chi connectivity index (χ1n) is 9.49. The number of rotatable bonds is 4. The highest BCUT2D eigenvalue weighted by atomic mass is 32.2. The summed E-state index contributed by atoms with van der Waals surface area (Å²) in [5.74, 6) is 0.286. The van der Waals surface area contributed by atoms with Crippen molar-refractivity contribution in [1.82, 2.24) is 0 Å². The quantitative estimate of drug-likeness (QED) is 0.332. The van der Waals surface area contributed by atoms with Gasteiger partial charge in [0.1, 0.15) is 15.0 Å². The number of hydrogen-bond donors (Lipinski definition) is 0. The molecular weight excluding hydrogens is 450 g/mol. The normalized spacial score (nSPS) is 11.5. The molecule has 1 aromatic heterocycles. The van der Waals surface area contributed by atoms with Crippen molar-refractivity contribution in [3.05, 3.63) is 96.2 Å². The highest BCUT2D eigenvalue weighted by molar-refractivity contribution is 7.87. The van der Waals surface area contributed by atoms with Crippen molar-refractivity contribution in [2.45, 2.75) is 23.6 Å². The summed E-state index contributed by atoms with van der Waals surface area (Å²) in [7, 11) is -8.11. The Morgan fingerprint density at radius 2 is 1.25 bits per heavy atom. The van der Waals surface area contributed by atoms with E-state index >= 15 is 0 Å². The lowest BCUT2D eigenvalue weighted by molar-refractivity contribution is -0.345. The molecule has 0 fully saturated rings. The standard InChI is InChI=1S/C16H13NO3S.C7H8O3S/c1-12-7-9-14(10-8-12)21(18,19)20-15-6-2-4-13-5-3-11-17-16(13)15;1-6-2-4-7(5-3-6)11(8,9)10/h2-11H,1H3;2-5H,1H3,(H,8,9,10). The van der Waals surface area contributed by atoms with E-state index in [2.05, 4.69) is 4.98 Å². The van der Waals surface area contributed by atoms with Crippen LogP contribution in [0, 0.1) is 13.8 Å². The largest absolute Gasteiger partial charge is 0.744 e. The van der Waals surface area contributed by atoms with Gasteiger partial charge in [0.2, 0.25) is 5.75 Å². The summed E-state index contributed by atoms with van der Waals surface area (Å²) in [6.07, 6.45) is 1.73. The predicted molar refractivity (Wildman–Crippen MR) is 119 cm³/mol. The van der Waals surface area contributed by atoms with Gasteiger partial charge in [0.05, 0.1) is 10.3 Å². The van der Waals surface area contributed by atoms with Crippen LogP contribution in [0.2, 0.25) is 0 Å². The lowest BCUT2D eigenvalue weighted by Crippen LogP contribution is -2.12. The third-order valence-corrected chi connectivity index (χ3v) is 6.57. The van der Waals surface area contributed by atoms with E-state index in [9.17, 15) is 21.4 Å². The Kier molecular flexibility index (Phi) is 6.93. The number of aromatic nitrogens is 1. The van der Waals surface area contributed by atoms with E-state index in [4.69, 9.17) is 4.18 Å². The van der Waals surface area contributed by atoms with Crippen LogP contribution >= 0.6 is 0 Å². The molecular formula is C23H21NO6S2. The molecule has 9 heteroatoms. The van der Waals surface area contributed by atoms with Crippen LogP contribution in [-0.2, 0) is 20.2 Å². The minimum Gasteiger partial charge on any atom is -0.744 e. The van der Waals surface area contributed by atoms with Crippen molar-refractivity contribution in [1.29, 1.82) is 0 Å². The summed E-state index contributed by atoms with van der Waals surface area (Å²) in [5.41, 5.74) is 2.57. The monoisotopic (exact) mass is 471 g/mol. The van der Waals surface area contributed by atoms with Gasteiger partial charge in [0.25, 0.3) is 5.52 Å². The highest BCUT2D eigenvalue weighted by Crippen LogP contribution is 2.25. The smallest absolute Gasteiger partial charge is 0.339 e. The number of pyridine rings is 1. The van der Waals surface area contributed by atoms with Crippen LogP contribution in [0.25, 0.3) is 10.9 Å². The first kappa shape index (κ1) is 23.4. The maximum absolute atomic E-state index is 12.3. The molecule has 0 bridgehead atoms. The van der Waals surface area contributed by atoms with Crippen LogP contribution in [-0.4, -0.2) is 21.4 Å². The third-order valence-electron chi connectivity index (χ3n) is 4.48. The molecule has 0 saturated carbocycles. The van der Waals surface area contributed by atoms with Gasteiger partial charge in [-0.2, -0.15) is 8.42 Å². The van der Waals surface area contributed by atoms with E-state index in [1.165, 1.54) is 12.1 Å². The van der Waals surface area contributed by atoms with Crippen LogP contribution < -0.4 is 9.17 Å². The molecule has 0 unspecified atom stereocenters. The van der Waals surface area contributed by atoms with Gasteiger partial charge in [-0.15, -0.1) is 0 Å². The van der Waals surface area contributed by atoms with Gasteiger partial charge in [-0.3, -0.25) is 0 Å². The maximum Gasteiger partial charge on any atom is 0.339 e. The first-order valence-corrected chi connectivity index (χ1v) is 12.3. The molecule has 0 radical (unpaired) electrons. The van der Waals surface area contributed by atoms with Gasteiger partial charge in [0.15, 0.2) is 6.20 Å². The van der Waals surface area contributed by atoms with Gasteiger partial charge in [-0.25, -0.2) is 13.4 Å². The van der Waals surface area contributed by atoms with Crippen molar-refractivity contribution in [2.75, 3.05) is 0 Å². The number of nitrogens with one attached hydrogen (secondary N) is 1. The Morgan fingerprint density at radius 3 is 1.81 bits per heavy atom. The zero-order valence-electron chi connectivity index (χ0n) is 17.3. The van der Waals surface area contributed by atoms with Gasteiger partial charge in [0, 0.05) is 6.07 Å². The average molecular weight is 472 g/mol. The molecule has 0 atom stereocenters. The zero-order valence-corrected chi connectivity index (χ0v) is 19.0. The molecule has 166 valence electrons. The van der Waals surface area contributed by atoms with Gasteiger partial charge in [-0.1, -0.05) is 41.5 Å². The van der Waals surface area contributed by atoms with Gasteiger partial charge < -0.3 is 8.74 Å². The summed E-state index contributed by atoms with van der Waals surface area (Å²) in [6, 6.07) is 21.4. The first-order chi connectivity index (χ1) is 15.1. The second kappa shape index (κ2) is 9.47. The number of hydrogen-bond acceptors (Lipinski definition) is 6. The summed E-state index contributed by atoms with van der Waals surface area (Å²) < 4.78 is 61.1. The topological polar surface area (TPSA) is 115 Å². The van der Waals surface area contributed by atoms with Crippen LogP contribution in [0.4, 0.5) is 0 Å². The van der Waals surface area contributed by atoms with E-state index in [1.54, 1.807) is 54.7 Å². The Labute approximate surface area is 187 Å². The lowest BCUT2D eigenvalue weighted by Gasteiger charge is -2.07. The molecule has 0 aliphatic carbocycles. The number of H-pyrrole nitrogens is 1. The molecule has 1 heterocycles. The number of para-hydroxylation sites is 1. The van der Waals surface area contributed by atoms with Crippen LogP contribution in [0.1, 0.15) is 11.1 Å². The van der Waals surface area contributed by atoms with Crippen molar-refractivity contribution >= 4 is 31.1 Å². The van der Waals surface area contributed by atoms with E-state index < -0.39 is 20.2 Å². The lowest BCUT2D eigenvalue weighted by atomic mass is 10.2. The number of benzene rings is 3. The van der Waals surface area contributed by atoms with Crippen LogP contribution in [0.5, 0.6) is 5.75 Å². The fraction of sp³-hybridized carbons (Fsp3) is 0.0870. The second-order valence-electron chi connectivity index (χ2n) is 7.01. The van der Waals surface area contributed by atoms with Crippen LogP contribution in [0.3, 0.4) is 0 Å². The summed E-state index contributed by atoms with van der Waals surface area (Å²) >= 11 is 0. The molecule has 7 nitrogen and oxygen atoms in total. The van der Waals surface area contributed by atoms with Gasteiger partial charge in [-0.05, 0) is 56.3 Å². The maximum atomic E-state index is 12.3. The Balaban J connectivity index is 0.000000222. The molecule has 4 aromatic rings. The second-order valence-corrected chi connectivity index (χ2v) is 9.93. The molecule has 0 saturated heterocycles. The van der Waals surface area contributed by atoms with Crippen LogP contribution in [0.15, 0.2) is 94.9 Å². The van der Waals surface area contributed by atoms with Crippen molar-refractivity contribution < 1.29 is 30.6 Å². The SMILES string of the molecule is Cc1ccc(S(=O)(=O)Oc2cccc3ccc[nH+]c23)cc1.Cc1ccc(S(=O)(=O)[O-])cc1. The van der Waals surface area contributed by atoms with Gasteiger partial charge >= 0.3 is 10.1 Å². The molecule has 32 heavy (non-hydrogen) atoms. The van der Waals surface area contributed by atoms with Crippen molar-refractivity contribution in [2.24, 2.45) is 0 Å². The number of aromatic amines is 1. The van der Waals surface area contributed by atoms with Crippen molar-refractivity contribution in [3.63, 3.8) is 0 Å². The molecule has 4 rings (SSSR count). The fourth-order valence-corrected chi connectivity index (χ4v) is 4.18. The summed E-state index contributed by atoms with van der Waals surface area (Å²) in [4.78, 5) is 2.98. The molecule has 1 N–H and O–H groups in total. The van der Waals surface area contributed by atoms with E-state index in [-0.39, 0.29) is 15.5 Å². The number of aryl methyl sites for hydroxylation is 2. The molecule has 3 aromatic carbocycles. The number of fused-ring (bicyclic) bond motifs is 1. The van der Waals surface area contributed by atoms with E-state index in [1.807, 2.05) is 32.0 Å². The highest BCUT2D eigenvalue weighted by Gasteiger charge is 2.19. The zero-order chi connectivity index (χ0) is 23.4. The van der Waals surface area contributed by atoms with E-state index in [0.717, 1.165) is 16.5 Å². The summed E-state index contributed by atoms with van der Waals surface area (Å²) in [6.45, 7) is 3.72. The van der Waals surface area contributed by atoms with E-state index in [0.29, 0.717) is 5.52 Å².